The third-order valence-corrected chi connectivity index (χ3v) is 2.88. The molecule has 1 aromatic carbocycles. The molecule has 6 heteroatoms. The quantitative estimate of drug-likeness (QED) is 0.470. The van der Waals surface area contributed by atoms with Crippen LogP contribution in [0.15, 0.2) is 18.2 Å². The molecule has 0 aliphatic rings. The van der Waals surface area contributed by atoms with Crippen molar-refractivity contribution in [3.8, 4) is 0 Å². The van der Waals surface area contributed by atoms with E-state index in [0.717, 1.165) is 0 Å². The van der Waals surface area contributed by atoms with Crippen molar-refractivity contribution in [2.75, 3.05) is 24.3 Å². The Hall–Kier alpha value is -1.82. The van der Waals surface area contributed by atoms with Crippen molar-refractivity contribution in [3.63, 3.8) is 0 Å². The number of anilines is 2. The monoisotopic (exact) mass is 239 g/mol. The van der Waals surface area contributed by atoms with Crippen LogP contribution in [0, 0.1) is 10.1 Å². The minimum absolute atomic E-state index is 0.0403. The van der Waals surface area contributed by atoms with Gasteiger partial charge >= 0.3 is 0 Å². The Bertz CT molecular complexity index is 432. The van der Waals surface area contributed by atoms with Gasteiger partial charge in [0.05, 0.1) is 28.4 Å². The average molecular weight is 239 g/mol. The van der Waals surface area contributed by atoms with E-state index in [0.29, 0.717) is 11.4 Å². The summed E-state index contributed by atoms with van der Waals surface area (Å²) in [7, 11) is 1.79. The Morgan fingerprint density at radius 2 is 2.12 bits per heavy atom. The van der Waals surface area contributed by atoms with Crippen molar-refractivity contribution in [1.29, 1.82) is 0 Å². The van der Waals surface area contributed by atoms with E-state index in [2.05, 4.69) is 0 Å². The summed E-state index contributed by atoms with van der Waals surface area (Å²) in [4.78, 5) is 11.9. The van der Waals surface area contributed by atoms with Gasteiger partial charge in [-0.1, -0.05) is 0 Å². The summed E-state index contributed by atoms with van der Waals surface area (Å²) in [6, 6.07) is 4.31. The number of hydrogen-bond acceptors (Lipinski definition) is 5. The van der Waals surface area contributed by atoms with Crippen LogP contribution in [0.5, 0.6) is 0 Å². The van der Waals surface area contributed by atoms with Crippen LogP contribution in [0.2, 0.25) is 0 Å². The topological polar surface area (TPSA) is 92.6 Å². The number of nitro benzene ring substituents is 1. The van der Waals surface area contributed by atoms with Gasteiger partial charge in [-0.3, -0.25) is 10.1 Å². The summed E-state index contributed by atoms with van der Waals surface area (Å²) < 4.78 is 0. The second-order valence-corrected chi connectivity index (χ2v) is 4.53. The molecule has 0 atom stereocenters. The molecule has 6 nitrogen and oxygen atoms in total. The van der Waals surface area contributed by atoms with Gasteiger partial charge in [0, 0.05) is 19.2 Å². The summed E-state index contributed by atoms with van der Waals surface area (Å²) in [5.41, 5.74) is 6.25. The molecule has 1 rings (SSSR count). The molecule has 94 valence electrons. The zero-order valence-corrected chi connectivity index (χ0v) is 10.2. The van der Waals surface area contributed by atoms with Gasteiger partial charge in [-0.25, -0.2) is 0 Å². The number of benzene rings is 1. The number of hydrogen-bond donors (Lipinski definition) is 2. The average Bonchev–Trinajstić information content (AvgIpc) is 2.27. The van der Waals surface area contributed by atoms with E-state index in [1.807, 2.05) is 13.8 Å². The van der Waals surface area contributed by atoms with Crippen molar-refractivity contribution in [3.05, 3.63) is 28.3 Å². The first kappa shape index (κ1) is 13.2. The summed E-state index contributed by atoms with van der Waals surface area (Å²) in [5, 5.41) is 19.9. The molecule has 0 fully saturated rings. The molecule has 0 heterocycles. The molecule has 0 unspecified atom stereocenters. The summed E-state index contributed by atoms with van der Waals surface area (Å²) in [5.74, 6) is 0. The van der Waals surface area contributed by atoms with E-state index >= 15 is 0 Å². The Morgan fingerprint density at radius 3 is 2.53 bits per heavy atom. The van der Waals surface area contributed by atoms with Crippen LogP contribution in [-0.4, -0.2) is 29.2 Å². The lowest BCUT2D eigenvalue weighted by molar-refractivity contribution is -0.384. The van der Waals surface area contributed by atoms with E-state index in [1.54, 1.807) is 18.0 Å². The van der Waals surface area contributed by atoms with Crippen LogP contribution in [-0.2, 0) is 0 Å². The molecule has 0 radical (unpaired) electrons. The lowest BCUT2D eigenvalue weighted by Gasteiger charge is -2.36. The molecule has 0 aliphatic heterocycles. The third-order valence-electron chi connectivity index (χ3n) is 2.88. The van der Waals surface area contributed by atoms with Crippen molar-refractivity contribution in [1.82, 2.24) is 0 Å². The second kappa shape index (κ2) is 4.58. The maximum Gasteiger partial charge on any atom is 0.271 e. The minimum Gasteiger partial charge on any atom is -0.397 e. The number of nitrogens with zero attached hydrogens (tertiary/aromatic N) is 2. The van der Waals surface area contributed by atoms with Crippen molar-refractivity contribution < 1.29 is 10.0 Å². The molecular weight excluding hydrogens is 222 g/mol. The molecule has 0 spiro atoms. The highest BCUT2D eigenvalue weighted by atomic mass is 16.6. The zero-order valence-electron chi connectivity index (χ0n) is 10.2. The van der Waals surface area contributed by atoms with Crippen LogP contribution >= 0.6 is 0 Å². The Labute approximate surface area is 99.8 Å². The molecule has 1 aromatic rings. The van der Waals surface area contributed by atoms with Crippen LogP contribution in [0.3, 0.4) is 0 Å². The largest absolute Gasteiger partial charge is 0.397 e. The minimum atomic E-state index is -0.489. The van der Waals surface area contributed by atoms with Crippen LogP contribution < -0.4 is 10.6 Å². The van der Waals surface area contributed by atoms with Gasteiger partial charge < -0.3 is 15.7 Å². The van der Waals surface area contributed by atoms with E-state index < -0.39 is 10.5 Å². The molecule has 3 N–H and O–H groups in total. The zero-order chi connectivity index (χ0) is 13.2. The molecule has 0 saturated heterocycles. The summed E-state index contributed by atoms with van der Waals surface area (Å²) >= 11 is 0. The number of rotatable bonds is 4. The molecule has 0 aliphatic carbocycles. The van der Waals surface area contributed by atoms with Gasteiger partial charge in [0.25, 0.3) is 5.69 Å². The maximum atomic E-state index is 10.6. The summed E-state index contributed by atoms with van der Waals surface area (Å²) in [6.07, 6.45) is 0. The number of nitrogen functional groups attached to an aromatic ring is 1. The lowest BCUT2D eigenvalue weighted by atomic mass is 10.0. The number of likely N-dealkylation sites (N-methyl/N-ethyl adjacent to an activating group) is 1. The highest BCUT2D eigenvalue weighted by Gasteiger charge is 2.24. The fraction of sp³-hybridized carbons (Fsp3) is 0.455. The molecule has 0 saturated carbocycles. The van der Waals surface area contributed by atoms with Crippen LogP contribution in [0.4, 0.5) is 17.1 Å². The van der Waals surface area contributed by atoms with Crippen molar-refractivity contribution in [2.45, 2.75) is 19.4 Å². The fourth-order valence-electron chi connectivity index (χ4n) is 1.39. The predicted molar refractivity (Wildman–Crippen MR) is 67.1 cm³/mol. The number of nitrogens with two attached hydrogens (primary N) is 1. The van der Waals surface area contributed by atoms with Gasteiger partial charge in [0.1, 0.15) is 0 Å². The van der Waals surface area contributed by atoms with E-state index in [1.165, 1.54) is 12.1 Å². The van der Waals surface area contributed by atoms with Gasteiger partial charge in [0.2, 0.25) is 0 Å². The van der Waals surface area contributed by atoms with E-state index in [9.17, 15) is 15.2 Å². The number of aliphatic hydroxyl groups is 1. The Kier molecular flexibility index (Phi) is 3.57. The van der Waals surface area contributed by atoms with Crippen LogP contribution in [0.1, 0.15) is 13.8 Å². The van der Waals surface area contributed by atoms with Crippen LogP contribution in [0.25, 0.3) is 0 Å². The first-order valence-corrected chi connectivity index (χ1v) is 5.18. The van der Waals surface area contributed by atoms with E-state index in [4.69, 9.17) is 5.73 Å². The SMILES string of the molecule is CN(c1ccc([N+](=O)[O-])cc1N)C(C)(C)CO. The molecule has 0 bridgehead atoms. The number of aliphatic hydroxyl groups excluding tert-OH is 1. The van der Waals surface area contributed by atoms with E-state index in [-0.39, 0.29) is 12.3 Å². The third kappa shape index (κ3) is 2.65. The smallest absolute Gasteiger partial charge is 0.271 e. The standard InChI is InChI=1S/C11H17N3O3/c1-11(2,7-15)13(3)10-5-4-8(14(16)17)6-9(10)12/h4-6,15H,7,12H2,1-3H3. The molecular formula is C11H17N3O3. The maximum absolute atomic E-state index is 10.6. The Morgan fingerprint density at radius 1 is 1.53 bits per heavy atom. The molecule has 0 aromatic heterocycles. The second-order valence-electron chi connectivity index (χ2n) is 4.53. The highest BCUT2D eigenvalue weighted by molar-refractivity contribution is 5.71. The summed E-state index contributed by atoms with van der Waals surface area (Å²) in [6.45, 7) is 3.67. The molecule has 17 heavy (non-hydrogen) atoms. The van der Waals surface area contributed by atoms with Crippen molar-refractivity contribution >= 4 is 17.1 Å². The first-order chi connectivity index (χ1) is 7.79. The van der Waals surface area contributed by atoms with Gasteiger partial charge in [-0.05, 0) is 19.9 Å². The number of non-ortho nitro benzene ring substituents is 1. The van der Waals surface area contributed by atoms with Gasteiger partial charge in [0.15, 0.2) is 0 Å². The molecule has 0 amide bonds. The Balaban J connectivity index is 3.12. The van der Waals surface area contributed by atoms with Gasteiger partial charge in [-0.2, -0.15) is 0 Å². The van der Waals surface area contributed by atoms with Crippen molar-refractivity contribution in [2.24, 2.45) is 0 Å². The number of nitro groups is 1. The fourth-order valence-corrected chi connectivity index (χ4v) is 1.39. The highest BCUT2D eigenvalue weighted by Crippen LogP contribution is 2.30. The normalized spacial score (nSPS) is 11.3. The predicted octanol–water partition coefficient (Wildman–Crippen LogP) is 1.38. The lowest BCUT2D eigenvalue weighted by Crippen LogP contribution is -2.44. The van der Waals surface area contributed by atoms with Gasteiger partial charge in [-0.15, -0.1) is 0 Å². The first-order valence-electron chi connectivity index (χ1n) is 5.18.